The molecule has 0 spiro atoms. The molecular weight excluding hydrogens is 272 g/mol. The van der Waals surface area contributed by atoms with E-state index in [1.165, 1.54) is 0 Å². The molecule has 2 unspecified atom stereocenters. The van der Waals surface area contributed by atoms with Crippen molar-refractivity contribution >= 4 is 6.09 Å². The summed E-state index contributed by atoms with van der Waals surface area (Å²) >= 11 is 0. The molecule has 0 saturated carbocycles. The lowest BCUT2D eigenvalue weighted by atomic mass is 10.0. The molecule has 2 atom stereocenters. The number of carbonyl (C=O) groups excluding carboxylic acids is 1. The van der Waals surface area contributed by atoms with Crippen LogP contribution in [-0.4, -0.2) is 55.0 Å². The van der Waals surface area contributed by atoms with E-state index in [9.17, 15) is 4.79 Å². The van der Waals surface area contributed by atoms with Gasteiger partial charge in [-0.3, -0.25) is 4.90 Å². The van der Waals surface area contributed by atoms with E-state index in [2.05, 4.69) is 0 Å². The van der Waals surface area contributed by atoms with Crippen LogP contribution in [0.1, 0.15) is 33.6 Å². The van der Waals surface area contributed by atoms with E-state index < -0.39 is 5.60 Å². The predicted octanol–water partition coefficient (Wildman–Crippen LogP) is 1.64. The molecule has 2 heterocycles. The Hall–Kier alpha value is -1.27. The molecule has 0 aromatic carbocycles. The van der Waals surface area contributed by atoms with Crippen molar-refractivity contribution < 1.29 is 19.0 Å². The summed E-state index contributed by atoms with van der Waals surface area (Å²) in [7, 11) is 0. The number of ether oxygens (including phenoxy) is 3. The van der Waals surface area contributed by atoms with Gasteiger partial charge in [-0.25, -0.2) is 4.79 Å². The molecule has 0 aliphatic carbocycles. The van der Waals surface area contributed by atoms with Crippen molar-refractivity contribution in [2.24, 2.45) is 5.73 Å². The molecule has 2 rings (SSSR count). The van der Waals surface area contributed by atoms with Crippen molar-refractivity contribution in [3.8, 4) is 0 Å². The predicted molar refractivity (Wildman–Crippen MR) is 78.8 cm³/mol. The van der Waals surface area contributed by atoms with Gasteiger partial charge >= 0.3 is 6.09 Å². The Bertz CT molecular complexity index is 403. The van der Waals surface area contributed by atoms with Crippen molar-refractivity contribution in [1.29, 1.82) is 0 Å². The molecule has 1 amide bonds. The molecular formula is C15H26N2O4. The maximum absolute atomic E-state index is 12.3. The van der Waals surface area contributed by atoms with Crippen LogP contribution in [0.25, 0.3) is 0 Å². The standard InChI is InChI=1S/C15H26N2O4/c1-15(2,3)21-14(18)17-7-9-19-10-11(17)13(16)12-6-4-5-8-20-12/h6,11,13H,4-5,7-10,16H2,1-3H3. The summed E-state index contributed by atoms with van der Waals surface area (Å²) in [6.45, 7) is 7.64. The van der Waals surface area contributed by atoms with E-state index in [4.69, 9.17) is 19.9 Å². The number of nitrogens with two attached hydrogens (primary N) is 1. The zero-order valence-corrected chi connectivity index (χ0v) is 13.1. The van der Waals surface area contributed by atoms with Crippen LogP contribution in [0.2, 0.25) is 0 Å². The SMILES string of the molecule is CC(C)(C)OC(=O)N1CCOCC1C(N)C1=CCCCO1. The van der Waals surface area contributed by atoms with Crippen LogP contribution in [0, 0.1) is 0 Å². The molecule has 120 valence electrons. The fourth-order valence-electron chi connectivity index (χ4n) is 2.47. The quantitative estimate of drug-likeness (QED) is 0.839. The lowest BCUT2D eigenvalue weighted by Crippen LogP contribution is -2.58. The number of hydrogen-bond donors (Lipinski definition) is 1. The van der Waals surface area contributed by atoms with Crippen LogP contribution < -0.4 is 5.73 Å². The zero-order valence-electron chi connectivity index (χ0n) is 13.1. The van der Waals surface area contributed by atoms with Crippen molar-refractivity contribution in [2.75, 3.05) is 26.4 Å². The number of hydrogen-bond acceptors (Lipinski definition) is 5. The number of morpholine rings is 1. The van der Waals surface area contributed by atoms with E-state index in [1.54, 1.807) is 4.90 Å². The summed E-state index contributed by atoms with van der Waals surface area (Å²) in [5.74, 6) is 0.755. The van der Waals surface area contributed by atoms with E-state index in [0.29, 0.717) is 26.4 Å². The first-order valence-corrected chi connectivity index (χ1v) is 7.54. The van der Waals surface area contributed by atoms with E-state index in [0.717, 1.165) is 18.6 Å². The topological polar surface area (TPSA) is 74.0 Å². The minimum Gasteiger partial charge on any atom is -0.497 e. The van der Waals surface area contributed by atoms with Gasteiger partial charge < -0.3 is 19.9 Å². The van der Waals surface area contributed by atoms with Gasteiger partial charge in [0, 0.05) is 6.54 Å². The first kappa shape index (κ1) is 16.1. The third kappa shape index (κ3) is 4.35. The summed E-state index contributed by atoms with van der Waals surface area (Å²) in [6, 6.07) is -0.629. The number of carbonyl (C=O) groups is 1. The Morgan fingerprint density at radius 3 is 2.86 bits per heavy atom. The normalized spacial score (nSPS) is 24.9. The van der Waals surface area contributed by atoms with Crippen LogP contribution in [0.15, 0.2) is 11.8 Å². The van der Waals surface area contributed by atoms with Crippen molar-refractivity contribution in [2.45, 2.75) is 51.3 Å². The molecule has 21 heavy (non-hydrogen) atoms. The fraction of sp³-hybridized carbons (Fsp3) is 0.800. The molecule has 0 aromatic heterocycles. The third-order valence-corrected chi connectivity index (χ3v) is 3.50. The number of amides is 1. The van der Waals surface area contributed by atoms with Gasteiger partial charge in [0.25, 0.3) is 0 Å². The molecule has 2 aliphatic heterocycles. The van der Waals surface area contributed by atoms with Gasteiger partial charge in [-0.2, -0.15) is 0 Å². The van der Waals surface area contributed by atoms with Crippen molar-refractivity contribution in [3.63, 3.8) is 0 Å². The van der Waals surface area contributed by atoms with Crippen LogP contribution >= 0.6 is 0 Å². The van der Waals surface area contributed by atoms with Crippen LogP contribution in [0.4, 0.5) is 4.79 Å². The number of nitrogens with zero attached hydrogens (tertiary/aromatic N) is 1. The van der Waals surface area contributed by atoms with Gasteiger partial charge in [-0.05, 0) is 39.7 Å². The van der Waals surface area contributed by atoms with Crippen molar-refractivity contribution in [1.82, 2.24) is 4.90 Å². The smallest absolute Gasteiger partial charge is 0.410 e. The Morgan fingerprint density at radius 1 is 1.48 bits per heavy atom. The minimum absolute atomic E-state index is 0.252. The Labute approximate surface area is 126 Å². The fourth-order valence-corrected chi connectivity index (χ4v) is 2.47. The van der Waals surface area contributed by atoms with Crippen molar-refractivity contribution in [3.05, 3.63) is 11.8 Å². The number of allylic oxidation sites excluding steroid dienone is 1. The summed E-state index contributed by atoms with van der Waals surface area (Å²) in [4.78, 5) is 14.0. The second-order valence-electron chi connectivity index (χ2n) is 6.44. The molecule has 1 fully saturated rings. The number of rotatable bonds is 2. The van der Waals surface area contributed by atoms with Gasteiger partial charge in [0.15, 0.2) is 0 Å². The molecule has 6 nitrogen and oxygen atoms in total. The maximum Gasteiger partial charge on any atom is 0.410 e. The highest BCUT2D eigenvalue weighted by Crippen LogP contribution is 2.21. The Morgan fingerprint density at radius 2 is 2.24 bits per heavy atom. The second kappa shape index (κ2) is 6.66. The molecule has 0 bridgehead atoms. The molecule has 2 N–H and O–H groups in total. The van der Waals surface area contributed by atoms with Gasteiger partial charge in [0.05, 0.1) is 31.9 Å². The lowest BCUT2D eigenvalue weighted by Gasteiger charge is -2.40. The molecule has 6 heteroatoms. The molecule has 0 aromatic rings. The summed E-state index contributed by atoms with van der Waals surface area (Å²) < 4.78 is 16.6. The van der Waals surface area contributed by atoms with E-state index in [-0.39, 0.29) is 18.2 Å². The average Bonchev–Trinajstić information content (AvgIpc) is 2.45. The summed E-state index contributed by atoms with van der Waals surface area (Å²) in [5.41, 5.74) is 5.77. The monoisotopic (exact) mass is 298 g/mol. The largest absolute Gasteiger partial charge is 0.497 e. The highest BCUT2D eigenvalue weighted by atomic mass is 16.6. The Balaban J connectivity index is 2.07. The van der Waals surface area contributed by atoms with E-state index in [1.807, 2.05) is 26.8 Å². The third-order valence-electron chi connectivity index (χ3n) is 3.50. The second-order valence-corrected chi connectivity index (χ2v) is 6.44. The van der Waals surface area contributed by atoms with Crippen LogP contribution in [0.3, 0.4) is 0 Å². The van der Waals surface area contributed by atoms with Gasteiger partial charge in [0.1, 0.15) is 11.4 Å². The van der Waals surface area contributed by atoms with E-state index >= 15 is 0 Å². The first-order valence-electron chi connectivity index (χ1n) is 7.54. The highest BCUT2D eigenvalue weighted by Gasteiger charge is 2.36. The highest BCUT2D eigenvalue weighted by molar-refractivity contribution is 5.69. The van der Waals surface area contributed by atoms with Crippen LogP contribution in [-0.2, 0) is 14.2 Å². The summed E-state index contributed by atoms with van der Waals surface area (Å²) in [5, 5.41) is 0. The van der Waals surface area contributed by atoms with Crippen LogP contribution in [0.5, 0.6) is 0 Å². The average molecular weight is 298 g/mol. The van der Waals surface area contributed by atoms with Gasteiger partial charge in [-0.15, -0.1) is 0 Å². The maximum atomic E-state index is 12.3. The lowest BCUT2D eigenvalue weighted by molar-refractivity contribution is -0.0395. The van der Waals surface area contributed by atoms with Gasteiger partial charge in [-0.1, -0.05) is 0 Å². The van der Waals surface area contributed by atoms with Gasteiger partial charge in [0.2, 0.25) is 0 Å². The zero-order chi connectivity index (χ0) is 15.5. The molecule has 0 radical (unpaired) electrons. The molecule has 2 aliphatic rings. The minimum atomic E-state index is -0.523. The summed E-state index contributed by atoms with van der Waals surface area (Å²) in [6.07, 6.45) is 3.63. The first-order chi connectivity index (χ1) is 9.88. The Kier molecular flexibility index (Phi) is 5.11. The molecule has 1 saturated heterocycles.